The second-order valence-corrected chi connectivity index (χ2v) is 2.79. The monoisotopic (exact) mass is 241 g/mol. The fraction of sp³-hybridized carbons (Fsp3) is 0.600. The summed E-state index contributed by atoms with van der Waals surface area (Å²) in [5.74, 6) is -0.174. The molecule has 0 rings (SSSR count). The minimum absolute atomic E-state index is 0.0530. The minimum atomic E-state index is -0.358. The summed E-state index contributed by atoms with van der Waals surface area (Å²) in [5, 5.41) is 2.45. The quantitative estimate of drug-likeness (QED) is 0.564. The van der Waals surface area contributed by atoms with Crippen molar-refractivity contribution in [3.05, 3.63) is 0 Å². The van der Waals surface area contributed by atoms with Crippen molar-refractivity contribution in [3.8, 4) is 0 Å². The summed E-state index contributed by atoms with van der Waals surface area (Å²) >= 11 is 1.65. The first-order valence-corrected chi connectivity index (χ1v) is 3.58. The standard InChI is InChI=1S/C5H8INO2/c1-3(5(6)9)7-4(2)8/h3H,1-2H3,(H,7,8)/t3-/m1/s1. The van der Waals surface area contributed by atoms with Gasteiger partial charge in [0.25, 0.3) is 0 Å². The van der Waals surface area contributed by atoms with Gasteiger partial charge in [-0.15, -0.1) is 0 Å². The van der Waals surface area contributed by atoms with E-state index in [-0.39, 0.29) is 15.7 Å². The molecule has 1 N–H and O–H groups in total. The van der Waals surface area contributed by atoms with Crippen molar-refractivity contribution >= 4 is 32.3 Å². The van der Waals surface area contributed by atoms with Gasteiger partial charge in [0.15, 0.2) is 0 Å². The fourth-order valence-corrected chi connectivity index (χ4v) is 0.517. The van der Waals surface area contributed by atoms with E-state index in [1.165, 1.54) is 6.92 Å². The smallest absolute Gasteiger partial charge is 0.217 e. The Morgan fingerprint density at radius 2 is 2.00 bits per heavy atom. The summed E-state index contributed by atoms with van der Waals surface area (Å²) in [7, 11) is 0. The third kappa shape index (κ3) is 4.38. The van der Waals surface area contributed by atoms with Crippen LogP contribution in [0.1, 0.15) is 13.8 Å². The van der Waals surface area contributed by atoms with Gasteiger partial charge in [-0.2, -0.15) is 0 Å². The first-order valence-electron chi connectivity index (χ1n) is 2.50. The predicted molar refractivity (Wildman–Crippen MR) is 42.3 cm³/mol. The van der Waals surface area contributed by atoms with Crippen molar-refractivity contribution in [2.75, 3.05) is 0 Å². The maximum atomic E-state index is 10.5. The lowest BCUT2D eigenvalue weighted by Crippen LogP contribution is -2.34. The van der Waals surface area contributed by atoms with Gasteiger partial charge in [0.1, 0.15) is 0 Å². The highest BCUT2D eigenvalue weighted by molar-refractivity contribution is 14.1. The average Bonchev–Trinajstić information content (AvgIpc) is 1.63. The zero-order valence-corrected chi connectivity index (χ0v) is 7.43. The Hall–Kier alpha value is -0.130. The molecule has 0 aliphatic rings. The van der Waals surface area contributed by atoms with E-state index in [0.717, 1.165) is 0 Å². The molecule has 0 radical (unpaired) electrons. The van der Waals surface area contributed by atoms with Crippen LogP contribution >= 0.6 is 22.6 Å². The van der Waals surface area contributed by atoms with Crippen molar-refractivity contribution in [1.82, 2.24) is 5.32 Å². The van der Waals surface area contributed by atoms with Crippen LogP contribution in [0.25, 0.3) is 0 Å². The summed E-state index contributed by atoms with van der Waals surface area (Å²) < 4.78 is -0.0530. The van der Waals surface area contributed by atoms with Crippen LogP contribution in [-0.2, 0) is 9.59 Å². The summed E-state index contributed by atoms with van der Waals surface area (Å²) in [5.41, 5.74) is 0. The van der Waals surface area contributed by atoms with Crippen LogP contribution in [-0.4, -0.2) is 15.7 Å². The Balaban J connectivity index is 3.63. The highest BCUT2D eigenvalue weighted by atomic mass is 127. The van der Waals surface area contributed by atoms with Crippen LogP contribution < -0.4 is 5.32 Å². The number of hydrogen-bond donors (Lipinski definition) is 1. The fourth-order valence-electron chi connectivity index (χ4n) is 0.362. The second-order valence-electron chi connectivity index (χ2n) is 1.73. The Labute approximate surface area is 67.3 Å². The van der Waals surface area contributed by atoms with Gasteiger partial charge in [-0.1, -0.05) is 0 Å². The SMILES string of the molecule is CC(=O)N[C@H](C)C(=O)I. The molecule has 0 spiro atoms. The highest BCUT2D eigenvalue weighted by Gasteiger charge is 2.08. The van der Waals surface area contributed by atoms with Gasteiger partial charge in [0.2, 0.25) is 9.70 Å². The Kier molecular flexibility index (Phi) is 3.76. The molecule has 4 heteroatoms. The topological polar surface area (TPSA) is 46.2 Å². The van der Waals surface area contributed by atoms with Gasteiger partial charge in [0, 0.05) is 29.5 Å². The molecular weight excluding hydrogens is 233 g/mol. The Morgan fingerprint density at radius 1 is 1.56 bits per heavy atom. The third-order valence-corrected chi connectivity index (χ3v) is 1.69. The number of carbonyl (C=O) groups is 2. The van der Waals surface area contributed by atoms with E-state index >= 15 is 0 Å². The molecule has 1 atom stereocenters. The van der Waals surface area contributed by atoms with E-state index in [1.54, 1.807) is 29.5 Å². The number of rotatable bonds is 2. The van der Waals surface area contributed by atoms with Crippen molar-refractivity contribution in [3.63, 3.8) is 0 Å². The maximum absolute atomic E-state index is 10.5. The summed E-state index contributed by atoms with van der Waals surface area (Å²) in [6, 6.07) is -0.358. The van der Waals surface area contributed by atoms with Crippen molar-refractivity contribution in [2.24, 2.45) is 0 Å². The molecule has 0 aromatic rings. The molecular formula is C5H8INO2. The predicted octanol–water partition coefficient (Wildman–Crippen LogP) is 0.473. The molecule has 3 nitrogen and oxygen atoms in total. The largest absolute Gasteiger partial charge is 0.346 e. The number of carbonyl (C=O) groups excluding carboxylic acids is 2. The molecule has 52 valence electrons. The van der Waals surface area contributed by atoms with E-state index in [2.05, 4.69) is 5.32 Å². The molecule has 0 saturated heterocycles. The van der Waals surface area contributed by atoms with E-state index in [4.69, 9.17) is 0 Å². The van der Waals surface area contributed by atoms with Crippen molar-refractivity contribution < 1.29 is 9.59 Å². The molecule has 0 aromatic carbocycles. The molecule has 1 amide bonds. The molecule has 0 bridgehead atoms. The molecule has 0 fully saturated rings. The maximum Gasteiger partial charge on any atom is 0.217 e. The average molecular weight is 241 g/mol. The number of amides is 1. The zero-order valence-electron chi connectivity index (χ0n) is 5.27. The third-order valence-electron chi connectivity index (χ3n) is 0.760. The zero-order chi connectivity index (χ0) is 7.44. The molecule has 0 heterocycles. The van der Waals surface area contributed by atoms with Gasteiger partial charge < -0.3 is 5.32 Å². The number of halogens is 1. The Bertz CT molecular complexity index is 135. The number of hydrogen-bond acceptors (Lipinski definition) is 2. The van der Waals surface area contributed by atoms with E-state index in [1.807, 2.05) is 0 Å². The molecule has 0 aromatic heterocycles. The highest BCUT2D eigenvalue weighted by Crippen LogP contribution is 1.92. The van der Waals surface area contributed by atoms with Gasteiger partial charge in [0.05, 0.1) is 6.04 Å². The van der Waals surface area contributed by atoms with Gasteiger partial charge in [-0.25, -0.2) is 0 Å². The first-order chi connectivity index (χ1) is 4.04. The van der Waals surface area contributed by atoms with Crippen LogP contribution in [0.4, 0.5) is 0 Å². The van der Waals surface area contributed by atoms with Crippen molar-refractivity contribution in [1.29, 1.82) is 0 Å². The van der Waals surface area contributed by atoms with Gasteiger partial charge in [-0.05, 0) is 6.92 Å². The minimum Gasteiger partial charge on any atom is -0.346 e. The summed E-state index contributed by atoms with van der Waals surface area (Å²) in [6.07, 6.45) is 0. The van der Waals surface area contributed by atoms with Crippen LogP contribution in [0.15, 0.2) is 0 Å². The van der Waals surface area contributed by atoms with Gasteiger partial charge in [-0.3, -0.25) is 9.59 Å². The normalized spacial score (nSPS) is 12.3. The van der Waals surface area contributed by atoms with E-state index in [9.17, 15) is 9.59 Å². The van der Waals surface area contributed by atoms with Crippen molar-refractivity contribution in [2.45, 2.75) is 19.9 Å². The van der Waals surface area contributed by atoms with Gasteiger partial charge >= 0.3 is 0 Å². The number of nitrogens with one attached hydrogen (secondary N) is 1. The molecule has 9 heavy (non-hydrogen) atoms. The molecule has 0 unspecified atom stereocenters. The lowest BCUT2D eigenvalue weighted by molar-refractivity contribution is -0.122. The lowest BCUT2D eigenvalue weighted by Gasteiger charge is -2.04. The molecule has 0 saturated carbocycles. The van der Waals surface area contributed by atoms with Crippen LogP contribution in [0.3, 0.4) is 0 Å². The molecule has 0 aliphatic carbocycles. The Morgan fingerprint density at radius 3 is 2.11 bits per heavy atom. The van der Waals surface area contributed by atoms with Crippen LogP contribution in [0.5, 0.6) is 0 Å². The van der Waals surface area contributed by atoms with E-state index < -0.39 is 0 Å². The van der Waals surface area contributed by atoms with E-state index in [0.29, 0.717) is 0 Å². The molecule has 0 aliphatic heterocycles. The van der Waals surface area contributed by atoms with Crippen LogP contribution in [0.2, 0.25) is 0 Å². The van der Waals surface area contributed by atoms with Crippen LogP contribution in [0, 0.1) is 0 Å². The first kappa shape index (κ1) is 8.87. The lowest BCUT2D eigenvalue weighted by atomic mass is 10.4. The summed E-state index contributed by atoms with van der Waals surface area (Å²) in [6.45, 7) is 3.03. The second kappa shape index (κ2) is 3.81. The summed E-state index contributed by atoms with van der Waals surface area (Å²) in [4.78, 5) is 20.7.